The maximum absolute atomic E-state index is 5.33. The van der Waals surface area contributed by atoms with Crippen molar-refractivity contribution < 1.29 is 4.42 Å². The molecule has 2 N–H and O–H groups in total. The molecule has 0 amide bonds. The van der Waals surface area contributed by atoms with Gasteiger partial charge in [-0.25, -0.2) is 4.99 Å². The number of para-hydroxylation sites is 1. The number of furan rings is 1. The molecule has 1 fully saturated rings. The summed E-state index contributed by atoms with van der Waals surface area (Å²) in [5.41, 5.74) is 1.32. The van der Waals surface area contributed by atoms with Gasteiger partial charge in [-0.15, -0.1) is 24.0 Å². The number of benzene rings is 1. The van der Waals surface area contributed by atoms with Crippen LogP contribution in [0.25, 0.3) is 0 Å². The van der Waals surface area contributed by atoms with Gasteiger partial charge in [0.2, 0.25) is 0 Å². The molecule has 1 aromatic heterocycles. The Balaban J connectivity index is 0.00000225. The Labute approximate surface area is 166 Å². The van der Waals surface area contributed by atoms with Crippen molar-refractivity contribution >= 4 is 35.6 Å². The minimum atomic E-state index is 0. The lowest BCUT2D eigenvalue weighted by Gasteiger charge is -2.19. The van der Waals surface area contributed by atoms with Crippen molar-refractivity contribution in [1.82, 2.24) is 10.6 Å². The summed E-state index contributed by atoms with van der Waals surface area (Å²) in [5.74, 6) is 2.37. The molecule has 25 heavy (non-hydrogen) atoms. The fourth-order valence-corrected chi connectivity index (χ4v) is 3.01. The third-order valence-electron chi connectivity index (χ3n) is 4.28. The summed E-state index contributed by atoms with van der Waals surface area (Å²) in [7, 11) is 0. The van der Waals surface area contributed by atoms with Gasteiger partial charge in [0, 0.05) is 31.9 Å². The van der Waals surface area contributed by atoms with E-state index >= 15 is 0 Å². The zero-order valence-corrected chi connectivity index (χ0v) is 17.0. The summed E-state index contributed by atoms with van der Waals surface area (Å²) in [6.07, 6.45) is 2.89. The molecule has 136 valence electrons. The van der Waals surface area contributed by atoms with Crippen LogP contribution in [0.15, 0.2) is 58.1 Å². The van der Waals surface area contributed by atoms with Gasteiger partial charge in [0.1, 0.15) is 12.3 Å². The Morgan fingerprint density at radius 2 is 2.04 bits per heavy atom. The monoisotopic (exact) mass is 454 g/mol. The van der Waals surface area contributed by atoms with Gasteiger partial charge < -0.3 is 20.0 Å². The highest BCUT2D eigenvalue weighted by Gasteiger charge is 2.22. The molecule has 1 aromatic carbocycles. The molecule has 6 heteroatoms. The number of nitrogens with one attached hydrogen (secondary N) is 2. The number of rotatable bonds is 6. The molecule has 5 nitrogen and oxygen atoms in total. The van der Waals surface area contributed by atoms with E-state index in [4.69, 9.17) is 4.42 Å². The van der Waals surface area contributed by atoms with Crippen molar-refractivity contribution in [2.45, 2.75) is 19.9 Å². The smallest absolute Gasteiger partial charge is 0.191 e. The van der Waals surface area contributed by atoms with Crippen LogP contribution >= 0.6 is 24.0 Å². The van der Waals surface area contributed by atoms with E-state index < -0.39 is 0 Å². The first-order valence-electron chi connectivity index (χ1n) is 8.69. The third kappa shape index (κ3) is 5.95. The largest absolute Gasteiger partial charge is 0.467 e. The van der Waals surface area contributed by atoms with Crippen LogP contribution in [0.5, 0.6) is 0 Å². The van der Waals surface area contributed by atoms with Gasteiger partial charge in [-0.3, -0.25) is 0 Å². The van der Waals surface area contributed by atoms with E-state index in [0.717, 1.165) is 37.9 Å². The average Bonchev–Trinajstić information content (AvgIpc) is 3.30. The quantitative estimate of drug-likeness (QED) is 0.399. The van der Waals surface area contributed by atoms with Gasteiger partial charge in [0.25, 0.3) is 0 Å². The molecule has 0 radical (unpaired) electrons. The van der Waals surface area contributed by atoms with Gasteiger partial charge in [0.05, 0.1) is 6.26 Å². The third-order valence-corrected chi connectivity index (χ3v) is 4.28. The number of guanidine groups is 1. The fourth-order valence-electron chi connectivity index (χ4n) is 3.01. The molecule has 1 unspecified atom stereocenters. The van der Waals surface area contributed by atoms with Crippen LogP contribution in [-0.4, -0.2) is 32.1 Å². The highest BCUT2D eigenvalue weighted by atomic mass is 127. The molecule has 3 rings (SSSR count). The van der Waals surface area contributed by atoms with E-state index in [-0.39, 0.29) is 24.0 Å². The van der Waals surface area contributed by atoms with E-state index in [0.29, 0.717) is 12.5 Å². The van der Waals surface area contributed by atoms with E-state index in [1.54, 1.807) is 6.26 Å². The molecule has 0 spiro atoms. The Hall–Kier alpha value is -1.70. The highest BCUT2D eigenvalue weighted by molar-refractivity contribution is 14.0. The second-order valence-corrected chi connectivity index (χ2v) is 6.09. The van der Waals surface area contributed by atoms with Crippen molar-refractivity contribution in [1.29, 1.82) is 0 Å². The van der Waals surface area contributed by atoms with Gasteiger partial charge >= 0.3 is 0 Å². The standard InChI is InChI=1S/C19H26N4O.HI/c1-2-20-19(22-14-18-9-6-12-24-18)21-13-16-10-11-23(15-16)17-7-4-3-5-8-17;/h3-9,12,16H,2,10-11,13-15H2,1H3,(H2,20,21,22);1H. The molecule has 1 aliphatic rings. The lowest BCUT2D eigenvalue weighted by molar-refractivity contribution is 0.511. The minimum Gasteiger partial charge on any atom is -0.467 e. The number of anilines is 1. The Kier molecular flexibility index (Phi) is 8.11. The molecular weight excluding hydrogens is 427 g/mol. The molecule has 2 aromatic rings. The van der Waals surface area contributed by atoms with Crippen molar-refractivity contribution in [3.05, 3.63) is 54.5 Å². The molecule has 0 bridgehead atoms. The van der Waals surface area contributed by atoms with Gasteiger partial charge in [0.15, 0.2) is 5.96 Å². The van der Waals surface area contributed by atoms with Gasteiger partial charge in [-0.1, -0.05) is 18.2 Å². The molecule has 2 heterocycles. The Morgan fingerprint density at radius 1 is 1.20 bits per heavy atom. The maximum Gasteiger partial charge on any atom is 0.191 e. The summed E-state index contributed by atoms with van der Waals surface area (Å²) in [6, 6.07) is 14.5. The van der Waals surface area contributed by atoms with E-state index in [1.807, 2.05) is 12.1 Å². The van der Waals surface area contributed by atoms with Crippen molar-refractivity contribution in [3.63, 3.8) is 0 Å². The van der Waals surface area contributed by atoms with Crippen LogP contribution in [0.1, 0.15) is 19.1 Å². The van der Waals surface area contributed by atoms with Crippen molar-refractivity contribution in [2.24, 2.45) is 10.9 Å². The molecule has 1 aliphatic heterocycles. The second kappa shape index (κ2) is 10.3. The van der Waals surface area contributed by atoms with E-state index in [1.165, 1.54) is 12.1 Å². The summed E-state index contributed by atoms with van der Waals surface area (Å²) in [5, 5.41) is 6.76. The number of aliphatic imine (C=N–C) groups is 1. The predicted octanol–water partition coefficient (Wildman–Crippen LogP) is 3.48. The number of nitrogens with zero attached hydrogens (tertiary/aromatic N) is 2. The molecule has 1 atom stereocenters. The first-order valence-corrected chi connectivity index (χ1v) is 8.69. The topological polar surface area (TPSA) is 52.8 Å². The molecule has 0 aliphatic carbocycles. The molecule has 1 saturated heterocycles. The number of hydrogen-bond donors (Lipinski definition) is 2. The first-order chi connectivity index (χ1) is 11.8. The van der Waals surface area contributed by atoms with Crippen molar-refractivity contribution in [2.75, 3.05) is 31.1 Å². The second-order valence-electron chi connectivity index (χ2n) is 6.09. The summed E-state index contributed by atoms with van der Waals surface area (Å²) in [6.45, 7) is 6.64. The average molecular weight is 454 g/mol. The normalized spacial score (nSPS) is 17.2. The molecule has 0 saturated carbocycles. The minimum absolute atomic E-state index is 0. The van der Waals surface area contributed by atoms with E-state index in [2.05, 4.69) is 57.8 Å². The van der Waals surface area contributed by atoms with Crippen LogP contribution in [0, 0.1) is 5.92 Å². The van der Waals surface area contributed by atoms with Gasteiger partial charge in [-0.2, -0.15) is 0 Å². The number of hydrogen-bond acceptors (Lipinski definition) is 3. The highest BCUT2D eigenvalue weighted by Crippen LogP contribution is 2.22. The Bertz CT molecular complexity index is 630. The fraction of sp³-hybridized carbons (Fsp3) is 0.421. The first kappa shape index (κ1) is 19.6. The Morgan fingerprint density at radius 3 is 2.76 bits per heavy atom. The maximum atomic E-state index is 5.33. The van der Waals surface area contributed by atoms with Gasteiger partial charge in [-0.05, 0) is 43.5 Å². The zero-order chi connectivity index (χ0) is 16.6. The van der Waals surface area contributed by atoms with E-state index in [9.17, 15) is 0 Å². The SMILES string of the molecule is CCNC(=NCc1ccco1)NCC1CCN(c2ccccc2)C1.I. The summed E-state index contributed by atoms with van der Waals surface area (Å²) >= 11 is 0. The van der Waals surface area contributed by atoms with Crippen LogP contribution in [0.3, 0.4) is 0 Å². The van der Waals surface area contributed by atoms with Crippen LogP contribution < -0.4 is 15.5 Å². The zero-order valence-electron chi connectivity index (χ0n) is 14.6. The summed E-state index contributed by atoms with van der Waals surface area (Å²) in [4.78, 5) is 7.04. The lowest BCUT2D eigenvalue weighted by Crippen LogP contribution is -2.40. The van der Waals surface area contributed by atoms with Crippen LogP contribution in [0.2, 0.25) is 0 Å². The van der Waals surface area contributed by atoms with Crippen LogP contribution in [0.4, 0.5) is 5.69 Å². The molecular formula is C19H27IN4O. The predicted molar refractivity (Wildman–Crippen MR) is 114 cm³/mol. The lowest BCUT2D eigenvalue weighted by atomic mass is 10.1. The summed E-state index contributed by atoms with van der Waals surface area (Å²) < 4.78 is 5.33. The van der Waals surface area contributed by atoms with Crippen molar-refractivity contribution in [3.8, 4) is 0 Å². The van der Waals surface area contributed by atoms with Crippen LogP contribution in [-0.2, 0) is 6.54 Å². The number of halogens is 1.